The number of hydrogen-bond donors (Lipinski definition) is 0. The predicted octanol–water partition coefficient (Wildman–Crippen LogP) is 2.94. The quantitative estimate of drug-likeness (QED) is 0.826. The van der Waals surface area contributed by atoms with Gasteiger partial charge in [0, 0.05) is 5.92 Å². The fourth-order valence-electron chi connectivity index (χ4n) is 2.52. The highest BCUT2D eigenvalue weighted by Gasteiger charge is 2.50. The number of aryl methyl sites for hydroxylation is 1. The van der Waals surface area contributed by atoms with Crippen LogP contribution in [0.1, 0.15) is 36.8 Å². The van der Waals surface area contributed by atoms with Crippen LogP contribution in [0.5, 0.6) is 0 Å². The van der Waals surface area contributed by atoms with Gasteiger partial charge in [-0.2, -0.15) is 12.8 Å². The molecule has 0 amide bonds. The van der Waals surface area contributed by atoms with E-state index in [4.69, 9.17) is 0 Å². The Morgan fingerprint density at radius 2 is 1.88 bits per heavy atom. The lowest BCUT2D eigenvalue weighted by Crippen LogP contribution is -1.84. The third kappa shape index (κ3) is 2.75. The van der Waals surface area contributed by atoms with Crippen LogP contribution in [-0.2, 0) is 10.5 Å². The summed E-state index contributed by atoms with van der Waals surface area (Å²) >= 11 is 0. The highest BCUT2D eigenvalue weighted by molar-refractivity contribution is 7.61. The molecule has 0 aromatic heterocycles. The molecule has 2 rings (SSSR count). The van der Waals surface area contributed by atoms with Gasteiger partial charge in [0.15, 0.2) is 0 Å². The molecule has 3 unspecified atom stereocenters. The van der Waals surface area contributed by atoms with Gasteiger partial charge in [0.05, 0.1) is 6.04 Å². The SMILES string of the molecule is CCCC1C(N=S(=O)=O)C1c1ccc(C)cc1. The summed E-state index contributed by atoms with van der Waals surface area (Å²) in [4.78, 5) is 0. The standard InChI is InChI=1S/C13H17NO2S/c1-3-4-11-12(13(11)14-17(15)16)10-7-5-9(2)6-8-10/h5-8,11-13H,3-4H2,1-2H3. The van der Waals surface area contributed by atoms with E-state index < -0.39 is 10.5 Å². The fourth-order valence-corrected chi connectivity index (χ4v) is 3.00. The summed E-state index contributed by atoms with van der Waals surface area (Å²) < 4.78 is 25.1. The van der Waals surface area contributed by atoms with Crippen LogP contribution in [0.15, 0.2) is 28.6 Å². The summed E-state index contributed by atoms with van der Waals surface area (Å²) in [7, 11) is -2.28. The van der Waals surface area contributed by atoms with Crippen LogP contribution >= 0.6 is 0 Å². The lowest BCUT2D eigenvalue weighted by Gasteiger charge is -1.99. The minimum absolute atomic E-state index is 0.0315. The highest BCUT2D eigenvalue weighted by atomic mass is 32.2. The van der Waals surface area contributed by atoms with Crippen molar-refractivity contribution in [3.05, 3.63) is 35.4 Å². The first-order valence-electron chi connectivity index (χ1n) is 6.00. The zero-order valence-corrected chi connectivity index (χ0v) is 10.9. The molecule has 0 spiro atoms. The van der Waals surface area contributed by atoms with Crippen molar-refractivity contribution >= 4 is 10.5 Å². The van der Waals surface area contributed by atoms with Crippen molar-refractivity contribution in [1.82, 2.24) is 0 Å². The highest BCUT2D eigenvalue weighted by Crippen LogP contribution is 2.52. The molecule has 1 aliphatic rings. The van der Waals surface area contributed by atoms with Crippen molar-refractivity contribution in [2.75, 3.05) is 0 Å². The molecule has 17 heavy (non-hydrogen) atoms. The predicted molar refractivity (Wildman–Crippen MR) is 67.5 cm³/mol. The molecule has 0 aliphatic heterocycles. The van der Waals surface area contributed by atoms with Crippen LogP contribution in [0, 0.1) is 12.8 Å². The van der Waals surface area contributed by atoms with Gasteiger partial charge >= 0.3 is 10.5 Å². The molecule has 0 saturated heterocycles. The fraction of sp³-hybridized carbons (Fsp3) is 0.538. The second-order valence-electron chi connectivity index (χ2n) is 4.70. The van der Waals surface area contributed by atoms with E-state index in [0.29, 0.717) is 11.8 Å². The Hall–Kier alpha value is -1.16. The molecule has 1 aromatic rings. The van der Waals surface area contributed by atoms with Gasteiger partial charge in [-0.15, -0.1) is 0 Å². The van der Waals surface area contributed by atoms with Gasteiger partial charge < -0.3 is 0 Å². The van der Waals surface area contributed by atoms with Crippen LogP contribution in [0.4, 0.5) is 0 Å². The molecule has 1 saturated carbocycles. The number of rotatable bonds is 4. The Kier molecular flexibility index (Phi) is 3.62. The summed E-state index contributed by atoms with van der Waals surface area (Å²) in [5.74, 6) is 0.703. The van der Waals surface area contributed by atoms with Crippen LogP contribution in [0.2, 0.25) is 0 Å². The summed E-state index contributed by atoms with van der Waals surface area (Å²) in [6.45, 7) is 4.17. The monoisotopic (exact) mass is 251 g/mol. The number of nitrogens with zero attached hydrogens (tertiary/aromatic N) is 1. The van der Waals surface area contributed by atoms with E-state index in [1.165, 1.54) is 11.1 Å². The Labute approximate surface area is 104 Å². The Balaban J connectivity index is 2.20. The summed E-state index contributed by atoms with van der Waals surface area (Å²) in [6, 6.07) is 8.29. The second-order valence-corrected chi connectivity index (χ2v) is 5.35. The zero-order chi connectivity index (χ0) is 12.4. The van der Waals surface area contributed by atoms with Crippen molar-refractivity contribution in [2.24, 2.45) is 10.3 Å². The van der Waals surface area contributed by atoms with E-state index in [1.54, 1.807) is 0 Å². The molecule has 92 valence electrons. The molecule has 4 heteroatoms. The molecule has 0 heterocycles. The average molecular weight is 251 g/mol. The normalized spacial score (nSPS) is 26.6. The summed E-state index contributed by atoms with van der Waals surface area (Å²) in [5, 5.41) is 0. The van der Waals surface area contributed by atoms with Crippen LogP contribution in [-0.4, -0.2) is 14.5 Å². The Bertz CT molecular complexity index is 511. The molecule has 0 bridgehead atoms. The maximum absolute atomic E-state index is 10.7. The van der Waals surface area contributed by atoms with Gasteiger partial charge in [-0.1, -0.05) is 43.2 Å². The van der Waals surface area contributed by atoms with Crippen molar-refractivity contribution in [1.29, 1.82) is 0 Å². The van der Waals surface area contributed by atoms with E-state index in [0.717, 1.165) is 12.8 Å². The molecule has 1 fully saturated rings. The van der Waals surface area contributed by atoms with Crippen LogP contribution in [0.3, 0.4) is 0 Å². The first-order chi connectivity index (χ1) is 8.13. The van der Waals surface area contributed by atoms with Gasteiger partial charge in [0.25, 0.3) is 0 Å². The molecule has 1 aromatic carbocycles. The second kappa shape index (κ2) is 5.00. The van der Waals surface area contributed by atoms with Gasteiger partial charge in [-0.05, 0) is 24.8 Å². The molecule has 3 atom stereocenters. The van der Waals surface area contributed by atoms with Crippen molar-refractivity contribution < 1.29 is 8.42 Å². The van der Waals surface area contributed by atoms with E-state index in [2.05, 4.69) is 42.5 Å². The summed E-state index contributed by atoms with van der Waals surface area (Å²) in [5.41, 5.74) is 2.44. The maximum Gasteiger partial charge on any atom is 0.311 e. The minimum Gasteiger partial charge on any atom is -0.168 e. The van der Waals surface area contributed by atoms with E-state index >= 15 is 0 Å². The van der Waals surface area contributed by atoms with Gasteiger partial charge in [-0.3, -0.25) is 0 Å². The zero-order valence-electron chi connectivity index (χ0n) is 10.1. The molecule has 0 radical (unpaired) electrons. The Morgan fingerprint density at radius 1 is 1.24 bits per heavy atom. The summed E-state index contributed by atoms with van der Waals surface area (Å²) in [6.07, 6.45) is 2.12. The maximum atomic E-state index is 10.7. The lowest BCUT2D eigenvalue weighted by atomic mass is 10.1. The van der Waals surface area contributed by atoms with Gasteiger partial charge in [0.1, 0.15) is 0 Å². The van der Waals surface area contributed by atoms with Gasteiger partial charge in [0.2, 0.25) is 0 Å². The first kappa shape index (κ1) is 12.3. The molecular formula is C13H17NO2S. The average Bonchev–Trinajstić information content (AvgIpc) is 2.92. The minimum atomic E-state index is -2.28. The molecular weight excluding hydrogens is 234 g/mol. The van der Waals surface area contributed by atoms with Crippen LogP contribution < -0.4 is 0 Å². The number of hydrogen-bond acceptors (Lipinski definition) is 3. The molecule has 3 nitrogen and oxygen atoms in total. The first-order valence-corrected chi connectivity index (χ1v) is 7.03. The van der Waals surface area contributed by atoms with E-state index in [-0.39, 0.29) is 6.04 Å². The largest absolute Gasteiger partial charge is 0.311 e. The molecule has 1 aliphatic carbocycles. The number of benzene rings is 1. The third-order valence-corrected chi connectivity index (χ3v) is 3.83. The lowest BCUT2D eigenvalue weighted by molar-refractivity contribution is 0.617. The van der Waals surface area contributed by atoms with Gasteiger partial charge in [-0.25, -0.2) is 0 Å². The molecule has 0 N–H and O–H groups in total. The third-order valence-electron chi connectivity index (χ3n) is 3.42. The van der Waals surface area contributed by atoms with Crippen molar-refractivity contribution in [3.63, 3.8) is 0 Å². The Morgan fingerprint density at radius 3 is 2.41 bits per heavy atom. The van der Waals surface area contributed by atoms with Crippen molar-refractivity contribution in [2.45, 2.75) is 38.6 Å². The van der Waals surface area contributed by atoms with Crippen molar-refractivity contribution in [3.8, 4) is 0 Å². The smallest absolute Gasteiger partial charge is 0.168 e. The van der Waals surface area contributed by atoms with E-state index in [9.17, 15) is 8.42 Å². The van der Waals surface area contributed by atoms with Crippen LogP contribution in [0.25, 0.3) is 0 Å². The topological polar surface area (TPSA) is 46.5 Å². The van der Waals surface area contributed by atoms with E-state index in [1.807, 2.05) is 0 Å².